The van der Waals surface area contributed by atoms with Crippen molar-refractivity contribution in [2.24, 2.45) is 5.41 Å². The normalized spacial score (nSPS) is 20.5. The van der Waals surface area contributed by atoms with Crippen molar-refractivity contribution in [3.8, 4) is 0 Å². The Kier molecular flexibility index (Phi) is 5.04. The van der Waals surface area contributed by atoms with Gasteiger partial charge in [-0.15, -0.1) is 11.3 Å². The first-order valence-corrected chi connectivity index (χ1v) is 8.48. The molecule has 2 rings (SSSR count). The molecule has 1 aliphatic heterocycles. The highest BCUT2D eigenvalue weighted by atomic mass is 32.1. The molecule has 108 valence electrons. The Morgan fingerprint density at radius 1 is 1.42 bits per heavy atom. The van der Waals surface area contributed by atoms with Crippen molar-refractivity contribution in [3.63, 3.8) is 0 Å². The second-order valence-corrected chi connectivity index (χ2v) is 6.93. The average molecular weight is 280 g/mol. The lowest BCUT2D eigenvalue weighted by Crippen LogP contribution is -2.45. The SMILES string of the molecule is CCC(CC)(CNC)CN1CCc2sccc2C1C. The summed E-state index contributed by atoms with van der Waals surface area (Å²) in [5.41, 5.74) is 2.00. The summed E-state index contributed by atoms with van der Waals surface area (Å²) in [5.74, 6) is 0. The van der Waals surface area contributed by atoms with Gasteiger partial charge >= 0.3 is 0 Å². The number of thiophene rings is 1. The third-order valence-electron chi connectivity index (χ3n) is 4.99. The van der Waals surface area contributed by atoms with Crippen molar-refractivity contribution in [3.05, 3.63) is 21.9 Å². The van der Waals surface area contributed by atoms with Gasteiger partial charge in [0.25, 0.3) is 0 Å². The molecule has 0 radical (unpaired) electrons. The van der Waals surface area contributed by atoms with Crippen molar-refractivity contribution >= 4 is 11.3 Å². The maximum absolute atomic E-state index is 3.40. The van der Waals surface area contributed by atoms with Gasteiger partial charge in [-0.25, -0.2) is 0 Å². The van der Waals surface area contributed by atoms with Crippen LogP contribution in [0.4, 0.5) is 0 Å². The maximum Gasteiger partial charge on any atom is 0.0331 e. The average Bonchev–Trinajstić information content (AvgIpc) is 2.90. The van der Waals surface area contributed by atoms with Crippen LogP contribution in [0.2, 0.25) is 0 Å². The molecule has 1 N–H and O–H groups in total. The van der Waals surface area contributed by atoms with Crippen LogP contribution in [0, 0.1) is 5.41 Å². The highest BCUT2D eigenvalue weighted by molar-refractivity contribution is 7.10. The van der Waals surface area contributed by atoms with Gasteiger partial charge in [-0.3, -0.25) is 4.90 Å². The maximum atomic E-state index is 3.40. The number of fused-ring (bicyclic) bond motifs is 1. The smallest absolute Gasteiger partial charge is 0.0331 e. The molecule has 0 saturated carbocycles. The van der Waals surface area contributed by atoms with E-state index in [4.69, 9.17) is 0 Å². The number of hydrogen-bond donors (Lipinski definition) is 1. The molecule has 0 aliphatic carbocycles. The van der Waals surface area contributed by atoms with E-state index >= 15 is 0 Å². The van der Waals surface area contributed by atoms with E-state index in [1.54, 1.807) is 10.4 Å². The molecule has 0 spiro atoms. The van der Waals surface area contributed by atoms with Crippen molar-refractivity contribution in [2.75, 3.05) is 26.7 Å². The Hall–Kier alpha value is -0.380. The molecule has 1 atom stereocenters. The molecular weight excluding hydrogens is 252 g/mol. The standard InChI is InChI=1S/C16H28N2S/c1-5-16(6-2,11-17-4)12-18-9-7-15-14(13(18)3)8-10-19-15/h8,10,13,17H,5-7,9,11-12H2,1-4H3. The number of nitrogens with zero attached hydrogens (tertiary/aromatic N) is 1. The molecule has 2 heterocycles. The minimum Gasteiger partial charge on any atom is -0.319 e. The summed E-state index contributed by atoms with van der Waals surface area (Å²) in [6.45, 7) is 10.6. The molecule has 3 heteroatoms. The van der Waals surface area contributed by atoms with Crippen LogP contribution < -0.4 is 5.32 Å². The molecule has 1 unspecified atom stereocenters. The highest BCUT2D eigenvalue weighted by Gasteiger charge is 2.32. The van der Waals surface area contributed by atoms with Gasteiger partial charge in [-0.05, 0) is 55.7 Å². The highest BCUT2D eigenvalue weighted by Crippen LogP contribution is 2.36. The van der Waals surface area contributed by atoms with Crippen molar-refractivity contribution in [2.45, 2.75) is 46.1 Å². The van der Waals surface area contributed by atoms with E-state index in [1.165, 1.54) is 32.4 Å². The fraction of sp³-hybridized carbons (Fsp3) is 0.750. The quantitative estimate of drug-likeness (QED) is 0.855. The van der Waals surface area contributed by atoms with E-state index < -0.39 is 0 Å². The Bertz CT molecular complexity index is 395. The summed E-state index contributed by atoms with van der Waals surface area (Å²) in [6.07, 6.45) is 3.74. The summed E-state index contributed by atoms with van der Waals surface area (Å²) < 4.78 is 0. The zero-order valence-electron chi connectivity index (χ0n) is 12.8. The van der Waals surface area contributed by atoms with E-state index in [0.717, 1.165) is 6.54 Å². The third kappa shape index (κ3) is 3.04. The summed E-state index contributed by atoms with van der Waals surface area (Å²) >= 11 is 1.93. The summed E-state index contributed by atoms with van der Waals surface area (Å²) in [5, 5.41) is 5.66. The van der Waals surface area contributed by atoms with Crippen LogP contribution in [0.5, 0.6) is 0 Å². The molecule has 0 amide bonds. The Morgan fingerprint density at radius 2 is 2.16 bits per heavy atom. The van der Waals surface area contributed by atoms with Gasteiger partial charge in [0, 0.05) is 30.6 Å². The first kappa shape index (κ1) is 15.0. The number of rotatable bonds is 6. The van der Waals surface area contributed by atoms with Crippen LogP contribution in [-0.4, -0.2) is 31.6 Å². The summed E-state index contributed by atoms with van der Waals surface area (Å²) in [7, 11) is 2.08. The molecule has 1 aromatic rings. The van der Waals surface area contributed by atoms with Gasteiger partial charge in [0.1, 0.15) is 0 Å². The Morgan fingerprint density at radius 3 is 2.79 bits per heavy atom. The monoisotopic (exact) mass is 280 g/mol. The molecule has 0 bridgehead atoms. The van der Waals surface area contributed by atoms with E-state index in [2.05, 4.69) is 49.5 Å². The second-order valence-electron chi connectivity index (χ2n) is 5.93. The van der Waals surface area contributed by atoms with E-state index in [9.17, 15) is 0 Å². The minimum absolute atomic E-state index is 0.427. The van der Waals surface area contributed by atoms with Gasteiger partial charge in [-0.1, -0.05) is 13.8 Å². The molecule has 19 heavy (non-hydrogen) atoms. The fourth-order valence-electron chi connectivity index (χ4n) is 3.36. The topological polar surface area (TPSA) is 15.3 Å². The Balaban J connectivity index is 2.11. The minimum atomic E-state index is 0.427. The zero-order chi connectivity index (χ0) is 13.9. The predicted molar refractivity (Wildman–Crippen MR) is 85.0 cm³/mol. The molecule has 2 nitrogen and oxygen atoms in total. The largest absolute Gasteiger partial charge is 0.319 e. The number of nitrogens with one attached hydrogen (secondary N) is 1. The van der Waals surface area contributed by atoms with Gasteiger partial charge < -0.3 is 5.32 Å². The molecule has 0 aromatic carbocycles. The number of hydrogen-bond acceptors (Lipinski definition) is 3. The lowest BCUT2D eigenvalue weighted by Gasteiger charge is -2.42. The van der Waals surface area contributed by atoms with Gasteiger partial charge in [0.2, 0.25) is 0 Å². The van der Waals surface area contributed by atoms with E-state index in [1.807, 2.05) is 11.3 Å². The van der Waals surface area contributed by atoms with Crippen LogP contribution in [0.1, 0.15) is 50.1 Å². The molecule has 1 aromatic heterocycles. The summed E-state index contributed by atoms with van der Waals surface area (Å²) in [6, 6.07) is 2.92. The van der Waals surface area contributed by atoms with Crippen molar-refractivity contribution in [1.29, 1.82) is 0 Å². The molecule has 0 saturated heterocycles. The van der Waals surface area contributed by atoms with Gasteiger partial charge in [-0.2, -0.15) is 0 Å². The molecular formula is C16H28N2S. The lowest BCUT2D eigenvalue weighted by molar-refractivity contribution is 0.0999. The van der Waals surface area contributed by atoms with Crippen LogP contribution in [0.3, 0.4) is 0 Å². The molecule has 1 aliphatic rings. The Labute approximate surface area is 122 Å². The van der Waals surface area contributed by atoms with Crippen molar-refractivity contribution < 1.29 is 0 Å². The van der Waals surface area contributed by atoms with Gasteiger partial charge in [0.15, 0.2) is 0 Å². The van der Waals surface area contributed by atoms with E-state index in [0.29, 0.717) is 11.5 Å². The van der Waals surface area contributed by atoms with Crippen LogP contribution in [0.25, 0.3) is 0 Å². The van der Waals surface area contributed by atoms with Crippen LogP contribution >= 0.6 is 11.3 Å². The second kappa shape index (κ2) is 6.38. The molecule has 0 fully saturated rings. The van der Waals surface area contributed by atoms with Crippen LogP contribution in [-0.2, 0) is 6.42 Å². The van der Waals surface area contributed by atoms with E-state index in [-0.39, 0.29) is 0 Å². The van der Waals surface area contributed by atoms with Crippen LogP contribution in [0.15, 0.2) is 11.4 Å². The third-order valence-corrected chi connectivity index (χ3v) is 5.99. The van der Waals surface area contributed by atoms with Crippen molar-refractivity contribution in [1.82, 2.24) is 10.2 Å². The fourth-order valence-corrected chi connectivity index (χ4v) is 4.33. The first-order chi connectivity index (χ1) is 9.15. The first-order valence-electron chi connectivity index (χ1n) is 7.60. The zero-order valence-corrected chi connectivity index (χ0v) is 13.6. The predicted octanol–water partition coefficient (Wildman–Crippen LogP) is 3.69. The summed E-state index contributed by atoms with van der Waals surface area (Å²) in [4.78, 5) is 4.30. The van der Waals surface area contributed by atoms with Gasteiger partial charge in [0.05, 0.1) is 0 Å². The lowest BCUT2D eigenvalue weighted by atomic mass is 9.80.